The number of aliphatic carboxylic acids is 1. The van der Waals surface area contributed by atoms with Crippen LogP contribution >= 0.6 is 0 Å². The number of amides is 2. The average Bonchev–Trinajstić information content (AvgIpc) is 2.69. The minimum Gasteiger partial charge on any atom is -0.481 e. The van der Waals surface area contributed by atoms with Crippen LogP contribution in [0.1, 0.15) is 26.2 Å². The van der Waals surface area contributed by atoms with Gasteiger partial charge in [0.05, 0.1) is 11.3 Å². The molecule has 0 aliphatic carbocycles. The summed E-state index contributed by atoms with van der Waals surface area (Å²) in [6.07, 6.45) is 1.23. The quantitative estimate of drug-likeness (QED) is 0.775. The zero-order valence-electron chi connectivity index (χ0n) is 11.4. The number of likely N-dealkylation sites (tertiary alicyclic amines) is 2. The SMILES string of the molecule is CN1CC(C(=O)N2CCC(C)(C(=O)O)CC2)CC1=O. The zero-order valence-corrected chi connectivity index (χ0v) is 11.4. The summed E-state index contributed by atoms with van der Waals surface area (Å²) in [6.45, 7) is 3.14. The van der Waals surface area contributed by atoms with E-state index in [-0.39, 0.29) is 24.2 Å². The van der Waals surface area contributed by atoms with Gasteiger partial charge >= 0.3 is 5.97 Å². The number of carbonyl (C=O) groups is 3. The molecule has 0 aromatic rings. The second kappa shape index (κ2) is 4.83. The summed E-state index contributed by atoms with van der Waals surface area (Å²) in [5.41, 5.74) is -0.723. The lowest BCUT2D eigenvalue weighted by molar-refractivity contribution is -0.153. The number of carbonyl (C=O) groups excluding carboxylic acids is 2. The van der Waals surface area contributed by atoms with Crippen molar-refractivity contribution in [2.75, 3.05) is 26.7 Å². The van der Waals surface area contributed by atoms with Gasteiger partial charge in [-0.05, 0) is 19.8 Å². The molecule has 106 valence electrons. The minimum atomic E-state index is -0.796. The Morgan fingerprint density at radius 3 is 2.32 bits per heavy atom. The van der Waals surface area contributed by atoms with Crippen molar-refractivity contribution in [2.45, 2.75) is 26.2 Å². The summed E-state index contributed by atoms with van der Waals surface area (Å²) in [5.74, 6) is -1.06. The first kappa shape index (κ1) is 13.8. The number of nitrogens with zero attached hydrogens (tertiary/aromatic N) is 2. The highest BCUT2D eigenvalue weighted by Gasteiger charge is 2.41. The third kappa shape index (κ3) is 2.57. The monoisotopic (exact) mass is 268 g/mol. The summed E-state index contributed by atoms with van der Waals surface area (Å²) >= 11 is 0. The van der Waals surface area contributed by atoms with Gasteiger partial charge in [0.2, 0.25) is 11.8 Å². The van der Waals surface area contributed by atoms with Gasteiger partial charge < -0.3 is 14.9 Å². The Labute approximate surface area is 112 Å². The molecule has 1 atom stereocenters. The molecule has 2 rings (SSSR count). The Bertz CT molecular complexity index is 413. The predicted molar refractivity (Wildman–Crippen MR) is 67.3 cm³/mol. The van der Waals surface area contributed by atoms with Gasteiger partial charge in [0.1, 0.15) is 0 Å². The third-order valence-electron chi connectivity index (χ3n) is 4.39. The van der Waals surface area contributed by atoms with E-state index in [9.17, 15) is 14.4 Å². The average molecular weight is 268 g/mol. The van der Waals surface area contributed by atoms with E-state index in [0.29, 0.717) is 32.5 Å². The maximum atomic E-state index is 12.3. The van der Waals surface area contributed by atoms with Gasteiger partial charge in [-0.25, -0.2) is 0 Å². The number of carboxylic acids is 1. The molecule has 1 N–H and O–H groups in total. The largest absolute Gasteiger partial charge is 0.481 e. The highest BCUT2D eigenvalue weighted by molar-refractivity contribution is 5.89. The van der Waals surface area contributed by atoms with Crippen molar-refractivity contribution in [3.63, 3.8) is 0 Å². The molecule has 0 radical (unpaired) electrons. The summed E-state index contributed by atoms with van der Waals surface area (Å²) in [5, 5.41) is 9.15. The van der Waals surface area contributed by atoms with Crippen LogP contribution in [0.15, 0.2) is 0 Å². The minimum absolute atomic E-state index is 0.00531. The van der Waals surface area contributed by atoms with E-state index < -0.39 is 11.4 Å². The molecule has 2 heterocycles. The molecule has 0 aromatic carbocycles. The van der Waals surface area contributed by atoms with Gasteiger partial charge in [0.15, 0.2) is 0 Å². The van der Waals surface area contributed by atoms with Crippen molar-refractivity contribution in [3.05, 3.63) is 0 Å². The van der Waals surface area contributed by atoms with Crippen LogP contribution in [-0.2, 0) is 14.4 Å². The van der Waals surface area contributed by atoms with E-state index in [1.165, 1.54) is 0 Å². The first-order valence-corrected chi connectivity index (χ1v) is 6.59. The van der Waals surface area contributed by atoms with E-state index in [1.54, 1.807) is 23.8 Å². The van der Waals surface area contributed by atoms with Crippen LogP contribution in [0, 0.1) is 11.3 Å². The molecule has 2 aliphatic rings. The van der Waals surface area contributed by atoms with Crippen LogP contribution in [0.25, 0.3) is 0 Å². The molecule has 2 saturated heterocycles. The van der Waals surface area contributed by atoms with Crippen LogP contribution in [0.5, 0.6) is 0 Å². The maximum absolute atomic E-state index is 12.3. The van der Waals surface area contributed by atoms with E-state index in [2.05, 4.69) is 0 Å². The molecule has 2 aliphatic heterocycles. The van der Waals surface area contributed by atoms with Crippen molar-refractivity contribution in [1.29, 1.82) is 0 Å². The molecule has 6 heteroatoms. The summed E-state index contributed by atoms with van der Waals surface area (Å²) < 4.78 is 0. The summed E-state index contributed by atoms with van der Waals surface area (Å²) in [6, 6.07) is 0. The topological polar surface area (TPSA) is 77.9 Å². The normalized spacial score (nSPS) is 26.6. The van der Waals surface area contributed by atoms with E-state index in [0.717, 1.165) is 0 Å². The van der Waals surface area contributed by atoms with Crippen molar-refractivity contribution < 1.29 is 19.5 Å². The van der Waals surface area contributed by atoms with Crippen LogP contribution in [-0.4, -0.2) is 59.4 Å². The number of rotatable bonds is 2. The Morgan fingerprint density at radius 2 is 1.89 bits per heavy atom. The number of piperidine rings is 1. The molecule has 6 nitrogen and oxygen atoms in total. The first-order chi connectivity index (χ1) is 8.83. The predicted octanol–water partition coefficient (Wildman–Crippen LogP) is 0.178. The molecular formula is C13H20N2O4. The Morgan fingerprint density at radius 1 is 1.32 bits per heavy atom. The summed E-state index contributed by atoms with van der Waals surface area (Å²) in [4.78, 5) is 38.1. The fourth-order valence-corrected chi connectivity index (χ4v) is 2.72. The molecular weight excluding hydrogens is 248 g/mol. The summed E-state index contributed by atoms with van der Waals surface area (Å²) in [7, 11) is 1.70. The Balaban J connectivity index is 1.93. The van der Waals surface area contributed by atoms with Crippen molar-refractivity contribution in [1.82, 2.24) is 9.80 Å². The highest BCUT2D eigenvalue weighted by atomic mass is 16.4. The van der Waals surface area contributed by atoms with Crippen LogP contribution < -0.4 is 0 Å². The molecule has 2 fully saturated rings. The molecule has 0 aromatic heterocycles. The molecule has 2 amide bonds. The Kier molecular flexibility index (Phi) is 3.52. The van der Waals surface area contributed by atoms with Gasteiger partial charge in [-0.2, -0.15) is 0 Å². The van der Waals surface area contributed by atoms with Gasteiger partial charge in [0.25, 0.3) is 0 Å². The lowest BCUT2D eigenvalue weighted by atomic mass is 9.80. The van der Waals surface area contributed by atoms with E-state index in [1.807, 2.05) is 0 Å². The van der Waals surface area contributed by atoms with E-state index >= 15 is 0 Å². The lowest BCUT2D eigenvalue weighted by Crippen LogP contribution is -2.47. The molecule has 1 unspecified atom stereocenters. The second-order valence-corrected chi connectivity index (χ2v) is 5.87. The highest BCUT2D eigenvalue weighted by Crippen LogP contribution is 2.32. The van der Waals surface area contributed by atoms with E-state index in [4.69, 9.17) is 5.11 Å². The maximum Gasteiger partial charge on any atom is 0.309 e. The van der Waals surface area contributed by atoms with Gasteiger partial charge in [0, 0.05) is 33.1 Å². The molecule has 0 saturated carbocycles. The fourth-order valence-electron chi connectivity index (χ4n) is 2.72. The zero-order chi connectivity index (χ0) is 14.2. The Hall–Kier alpha value is -1.59. The fraction of sp³-hybridized carbons (Fsp3) is 0.769. The van der Waals surface area contributed by atoms with Crippen LogP contribution in [0.3, 0.4) is 0 Å². The number of hydrogen-bond acceptors (Lipinski definition) is 3. The van der Waals surface area contributed by atoms with Gasteiger partial charge in [-0.1, -0.05) is 0 Å². The number of carboxylic acid groups (broad SMARTS) is 1. The molecule has 0 spiro atoms. The number of hydrogen-bond donors (Lipinski definition) is 1. The van der Waals surface area contributed by atoms with Crippen molar-refractivity contribution >= 4 is 17.8 Å². The third-order valence-corrected chi connectivity index (χ3v) is 4.39. The second-order valence-electron chi connectivity index (χ2n) is 5.87. The van der Waals surface area contributed by atoms with Gasteiger partial charge in [-0.15, -0.1) is 0 Å². The smallest absolute Gasteiger partial charge is 0.309 e. The molecule has 19 heavy (non-hydrogen) atoms. The van der Waals surface area contributed by atoms with Crippen molar-refractivity contribution in [2.24, 2.45) is 11.3 Å². The standard InChI is InChI=1S/C13H20N2O4/c1-13(12(18)19)3-5-15(6-4-13)11(17)9-7-10(16)14(2)8-9/h9H,3-8H2,1-2H3,(H,18,19). The lowest BCUT2D eigenvalue weighted by Gasteiger charge is -2.37. The van der Waals surface area contributed by atoms with Crippen molar-refractivity contribution in [3.8, 4) is 0 Å². The van der Waals surface area contributed by atoms with Crippen LogP contribution in [0.4, 0.5) is 0 Å². The van der Waals surface area contributed by atoms with Gasteiger partial charge in [-0.3, -0.25) is 14.4 Å². The molecule has 0 bridgehead atoms. The first-order valence-electron chi connectivity index (χ1n) is 6.59. The van der Waals surface area contributed by atoms with Crippen LogP contribution in [0.2, 0.25) is 0 Å².